The summed E-state index contributed by atoms with van der Waals surface area (Å²) < 4.78 is 11.4. The van der Waals surface area contributed by atoms with Gasteiger partial charge >= 0.3 is 0 Å². The molecule has 22 heavy (non-hydrogen) atoms. The van der Waals surface area contributed by atoms with Crippen molar-refractivity contribution >= 4 is 5.91 Å². The molecule has 0 N–H and O–H groups in total. The molecule has 3 heterocycles. The first-order valence-corrected chi connectivity index (χ1v) is 8.02. The topological polar surface area (TPSA) is 51.7 Å². The summed E-state index contributed by atoms with van der Waals surface area (Å²) in [7, 11) is 1.73. The van der Waals surface area contributed by atoms with E-state index in [9.17, 15) is 4.79 Å². The van der Waals surface area contributed by atoms with E-state index in [0.29, 0.717) is 13.0 Å². The van der Waals surface area contributed by atoms with Gasteiger partial charge in [-0.2, -0.15) is 0 Å². The number of carbonyl (C=O) groups is 1. The summed E-state index contributed by atoms with van der Waals surface area (Å²) in [6.07, 6.45) is 5.34. The molecule has 1 amide bonds. The quantitative estimate of drug-likeness (QED) is 0.849. The molecule has 2 fully saturated rings. The van der Waals surface area contributed by atoms with Crippen molar-refractivity contribution in [2.24, 2.45) is 5.41 Å². The van der Waals surface area contributed by atoms with E-state index in [2.05, 4.69) is 4.98 Å². The van der Waals surface area contributed by atoms with Gasteiger partial charge in [-0.3, -0.25) is 9.78 Å². The van der Waals surface area contributed by atoms with E-state index in [-0.39, 0.29) is 17.4 Å². The average molecular weight is 304 g/mol. The maximum absolute atomic E-state index is 12.6. The van der Waals surface area contributed by atoms with E-state index in [4.69, 9.17) is 9.47 Å². The third-order valence-corrected chi connectivity index (χ3v) is 4.83. The van der Waals surface area contributed by atoms with Crippen molar-refractivity contribution in [1.82, 2.24) is 9.88 Å². The Hall–Kier alpha value is -1.46. The number of aromatic nitrogens is 1. The zero-order chi connectivity index (χ0) is 15.4. The highest BCUT2D eigenvalue weighted by molar-refractivity contribution is 5.78. The molecule has 1 aromatic heterocycles. The Bertz CT molecular complexity index is 504. The fraction of sp³-hybridized carbons (Fsp3) is 0.647. The van der Waals surface area contributed by atoms with Gasteiger partial charge in [0.05, 0.1) is 19.1 Å². The predicted octanol–water partition coefficient (Wildman–Crippen LogP) is 1.67. The fourth-order valence-electron chi connectivity index (χ4n) is 3.77. The molecular weight excluding hydrogens is 280 g/mol. The highest BCUT2D eigenvalue weighted by atomic mass is 16.5. The second-order valence-corrected chi connectivity index (χ2v) is 6.36. The van der Waals surface area contributed by atoms with E-state index in [1.54, 1.807) is 13.3 Å². The lowest BCUT2D eigenvalue weighted by Crippen LogP contribution is -2.58. The van der Waals surface area contributed by atoms with Crippen LogP contribution in [0.4, 0.5) is 0 Å². The Morgan fingerprint density at radius 2 is 2.45 bits per heavy atom. The van der Waals surface area contributed by atoms with Crippen LogP contribution in [0.2, 0.25) is 0 Å². The lowest BCUT2D eigenvalue weighted by atomic mass is 9.73. The first-order chi connectivity index (χ1) is 10.7. The number of nitrogens with zero attached hydrogens (tertiary/aromatic N) is 2. The maximum Gasteiger partial charge on any atom is 0.228 e. The third-order valence-electron chi connectivity index (χ3n) is 4.83. The number of rotatable bonds is 4. The number of pyridine rings is 1. The van der Waals surface area contributed by atoms with Gasteiger partial charge in [0.1, 0.15) is 0 Å². The van der Waals surface area contributed by atoms with Crippen LogP contribution in [-0.4, -0.2) is 55.3 Å². The van der Waals surface area contributed by atoms with Crippen molar-refractivity contribution < 1.29 is 14.3 Å². The van der Waals surface area contributed by atoms with Crippen molar-refractivity contribution in [2.45, 2.75) is 31.8 Å². The second kappa shape index (κ2) is 6.75. The van der Waals surface area contributed by atoms with Crippen LogP contribution >= 0.6 is 0 Å². The highest BCUT2D eigenvalue weighted by Gasteiger charge is 2.46. The number of hydrogen-bond donors (Lipinski definition) is 0. The van der Waals surface area contributed by atoms with Gasteiger partial charge in [0, 0.05) is 44.1 Å². The maximum atomic E-state index is 12.6. The number of ether oxygens (including phenoxy) is 2. The highest BCUT2D eigenvalue weighted by Crippen LogP contribution is 2.40. The van der Waals surface area contributed by atoms with Gasteiger partial charge < -0.3 is 14.4 Å². The van der Waals surface area contributed by atoms with Gasteiger partial charge in [-0.15, -0.1) is 0 Å². The van der Waals surface area contributed by atoms with E-state index >= 15 is 0 Å². The monoisotopic (exact) mass is 304 g/mol. The molecule has 2 aliphatic rings. The first kappa shape index (κ1) is 15.4. The van der Waals surface area contributed by atoms with Gasteiger partial charge in [0.2, 0.25) is 5.91 Å². The van der Waals surface area contributed by atoms with Crippen LogP contribution in [0.5, 0.6) is 0 Å². The standard InChI is InChI=1S/C17H24N2O3/c1-21-13-17-7-4-10-22-15(17)6-9-19(12-17)16(20)11-14-5-2-3-8-18-14/h2-3,5,8,15H,4,6-7,9-13H2,1H3/t15-,17+/m0/s1. The Balaban J connectivity index is 1.68. The number of piperidine rings is 1. The van der Waals surface area contributed by atoms with Gasteiger partial charge in [0.25, 0.3) is 0 Å². The minimum atomic E-state index is -0.0367. The summed E-state index contributed by atoms with van der Waals surface area (Å²) in [5, 5.41) is 0. The average Bonchev–Trinajstić information content (AvgIpc) is 2.55. The number of fused-ring (bicyclic) bond motifs is 1. The van der Waals surface area contributed by atoms with Gasteiger partial charge in [-0.1, -0.05) is 6.07 Å². The lowest BCUT2D eigenvalue weighted by molar-refractivity contribution is -0.161. The fourth-order valence-corrected chi connectivity index (χ4v) is 3.77. The molecule has 5 heteroatoms. The minimum absolute atomic E-state index is 0.0367. The lowest BCUT2D eigenvalue weighted by Gasteiger charge is -2.50. The van der Waals surface area contributed by atoms with Crippen molar-refractivity contribution in [2.75, 3.05) is 33.4 Å². The minimum Gasteiger partial charge on any atom is -0.384 e. The van der Waals surface area contributed by atoms with Crippen molar-refractivity contribution in [3.8, 4) is 0 Å². The van der Waals surface area contributed by atoms with E-state index in [0.717, 1.165) is 44.7 Å². The van der Waals surface area contributed by atoms with E-state index < -0.39 is 0 Å². The SMILES string of the molecule is COC[C@]12CCCO[C@H]1CCN(C(=O)Cc1ccccn1)C2. The first-order valence-electron chi connectivity index (χ1n) is 8.02. The molecule has 0 unspecified atom stereocenters. The molecule has 0 bridgehead atoms. The molecule has 1 aromatic rings. The van der Waals surface area contributed by atoms with Crippen molar-refractivity contribution in [3.05, 3.63) is 30.1 Å². The summed E-state index contributed by atoms with van der Waals surface area (Å²) in [5.74, 6) is 0.151. The molecular formula is C17H24N2O3. The van der Waals surface area contributed by atoms with Crippen LogP contribution in [0.3, 0.4) is 0 Å². The summed E-state index contributed by atoms with van der Waals surface area (Å²) in [6.45, 7) is 2.99. The predicted molar refractivity (Wildman–Crippen MR) is 82.4 cm³/mol. The van der Waals surface area contributed by atoms with Crippen LogP contribution < -0.4 is 0 Å². The van der Waals surface area contributed by atoms with Crippen LogP contribution in [0.1, 0.15) is 25.0 Å². The summed E-state index contributed by atoms with van der Waals surface area (Å²) >= 11 is 0. The van der Waals surface area contributed by atoms with Crippen molar-refractivity contribution in [3.63, 3.8) is 0 Å². The van der Waals surface area contributed by atoms with Gasteiger partial charge in [-0.25, -0.2) is 0 Å². The van der Waals surface area contributed by atoms with Crippen LogP contribution in [0.15, 0.2) is 24.4 Å². The summed E-state index contributed by atoms with van der Waals surface area (Å²) in [5.41, 5.74) is 0.792. The molecule has 5 nitrogen and oxygen atoms in total. The number of amides is 1. The zero-order valence-electron chi connectivity index (χ0n) is 13.2. The van der Waals surface area contributed by atoms with E-state index in [1.807, 2.05) is 23.1 Å². The van der Waals surface area contributed by atoms with Crippen LogP contribution in [0, 0.1) is 5.41 Å². The largest absolute Gasteiger partial charge is 0.384 e. The van der Waals surface area contributed by atoms with Crippen molar-refractivity contribution in [1.29, 1.82) is 0 Å². The van der Waals surface area contributed by atoms with Gasteiger partial charge in [-0.05, 0) is 31.4 Å². The number of likely N-dealkylation sites (tertiary alicyclic amines) is 1. The second-order valence-electron chi connectivity index (χ2n) is 6.36. The third kappa shape index (κ3) is 3.15. The molecule has 0 spiro atoms. The zero-order valence-corrected chi connectivity index (χ0v) is 13.2. The normalized spacial score (nSPS) is 28.2. The molecule has 120 valence electrons. The number of carbonyl (C=O) groups excluding carboxylic acids is 1. The Morgan fingerprint density at radius 3 is 3.23 bits per heavy atom. The van der Waals surface area contributed by atoms with Crippen LogP contribution in [-0.2, 0) is 20.7 Å². The van der Waals surface area contributed by atoms with Gasteiger partial charge in [0.15, 0.2) is 0 Å². The smallest absolute Gasteiger partial charge is 0.228 e. The Labute approximate surface area is 131 Å². The molecule has 3 rings (SSSR count). The van der Waals surface area contributed by atoms with E-state index in [1.165, 1.54) is 0 Å². The summed E-state index contributed by atoms with van der Waals surface area (Å²) in [6, 6.07) is 5.69. The molecule has 2 aliphatic heterocycles. The van der Waals surface area contributed by atoms with Crippen LogP contribution in [0.25, 0.3) is 0 Å². The molecule has 0 aromatic carbocycles. The molecule has 0 saturated carbocycles. The molecule has 0 aliphatic carbocycles. The Kier molecular flexibility index (Phi) is 4.74. The number of methoxy groups -OCH3 is 1. The molecule has 0 radical (unpaired) electrons. The number of hydrogen-bond acceptors (Lipinski definition) is 4. The molecule has 2 atom stereocenters. The molecule has 2 saturated heterocycles. The summed E-state index contributed by atoms with van der Waals surface area (Å²) in [4.78, 5) is 18.8. The Morgan fingerprint density at radius 1 is 1.55 bits per heavy atom.